The Morgan fingerprint density at radius 2 is 1.88 bits per heavy atom. The van der Waals surface area contributed by atoms with Gasteiger partial charge >= 0.3 is 0 Å². The summed E-state index contributed by atoms with van der Waals surface area (Å²) in [6, 6.07) is 7.15. The summed E-state index contributed by atoms with van der Waals surface area (Å²) in [7, 11) is 0. The van der Waals surface area contributed by atoms with Crippen LogP contribution in [0.15, 0.2) is 24.3 Å². The number of carbonyl (C=O) groups excluding carboxylic acids is 1. The Labute approximate surface area is 165 Å². The van der Waals surface area contributed by atoms with Gasteiger partial charge in [-0.25, -0.2) is 0 Å². The molecule has 0 aliphatic carbocycles. The van der Waals surface area contributed by atoms with E-state index in [2.05, 4.69) is 23.7 Å². The summed E-state index contributed by atoms with van der Waals surface area (Å²) >= 11 is 6.14. The highest BCUT2D eigenvalue weighted by Crippen LogP contribution is 2.24. The summed E-state index contributed by atoms with van der Waals surface area (Å²) in [5.74, 6) is -0.580. The lowest BCUT2D eigenvalue weighted by Crippen LogP contribution is -2.45. The minimum atomic E-state index is -0.322. The van der Waals surface area contributed by atoms with Crippen LogP contribution in [0.1, 0.15) is 24.3 Å². The van der Waals surface area contributed by atoms with E-state index >= 15 is 0 Å². The zero-order valence-electron chi connectivity index (χ0n) is 14.2. The van der Waals surface area contributed by atoms with Crippen molar-refractivity contribution in [2.75, 3.05) is 26.2 Å². The summed E-state index contributed by atoms with van der Waals surface area (Å²) in [5.41, 5.74) is 6.76. The van der Waals surface area contributed by atoms with Gasteiger partial charge in [0.15, 0.2) is 5.96 Å². The first-order valence-electron chi connectivity index (χ1n) is 7.63. The number of fused-ring (bicyclic) bond motifs is 1. The molecule has 2 aromatic rings. The highest BCUT2D eigenvalue weighted by atomic mass is 35.5. The van der Waals surface area contributed by atoms with Gasteiger partial charge in [0.25, 0.3) is 5.91 Å². The number of nitrogens with one attached hydrogen (secondary N) is 2. The zero-order chi connectivity index (χ0) is 17.0. The first-order valence-corrected chi connectivity index (χ1v) is 8.01. The summed E-state index contributed by atoms with van der Waals surface area (Å²) in [6.07, 6.45) is 0. The number of H-pyrrole nitrogens is 1. The number of halogens is 3. The summed E-state index contributed by atoms with van der Waals surface area (Å²) in [6.45, 7) is 6.93. The third-order valence-corrected chi connectivity index (χ3v) is 4.24. The Morgan fingerprint density at radius 1 is 1.24 bits per heavy atom. The molecule has 0 spiro atoms. The van der Waals surface area contributed by atoms with E-state index in [-0.39, 0.29) is 36.7 Å². The van der Waals surface area contributed by atoms with E-state index in [4.69, 9.17) is 22.7 Å². The SMILES string of the molecule is CCN(CC)CCN(C(=N)N)C(=O)c1cc2c(Cl)cccc2[nH]1.Cl.Cl. The normalized spacial score (nSPS) is 10.2. The Bertz CT molecular complexity index is 715. The second-order valence-corrected chi connectivity index (χ2v) is 5.66. The number of aromatic nitrogens is 1. The van der Waals surface area contributed by atoms with E-state index in [9.17, 15) is 4.79 Å². The largest absolute Gasteiger partial charge is 0.370 e. The molecule has 25 heavy (non-hydrogen) atoms. The van der Waals surface area contributed by atoms with Crippen molar-refractivity contribution >= 4 is 59.2 Å². The van der Waals surface area contributed by atoms with E-state index in [1.54, 1.807) is 12.1 Å². The predicted molar refractivity (Wildman–Crippen MR) is 109 cm³/mol. The van der Waals surface area contributed by atoms with Crippen molar-refractivity contribution in [3.63, 3.8) is 0 Å². The van der Waals surface area contributed by atoms with Gasteiger partial charge in [0.05, 0.1) is 0 Å². The maximum atomic E-state index is 12.7. The Balaban J connectivity index is 0.00000288. The van der Waals surface area contributed by atoms with E-state index in [0.29, 0.717) is 23.8 Å². The number of hydrogen-bond acceptors (Lipinski definition) is 3. The molecule has 0 saturated heterocycles. The molecule has 9 heteroatoms. The molecule has 0 radical (unpaired) electrons. The molecule has 0 fully saturated rings. The fraction of sp³-hybridized carbons (Fsp3) is 0.375. The number of carbonyl (C=O) groups is 1. The first-order chi connectivity index (χ1) is 11.0. The Kier molecular flexibility index (Phi) is 9.89. The average molecular weight is 409 g/mol. The molecule has 2 rings (SSSR count). The van der Waals surface area contributed by atoms with Crippen molar-refractivity contribution in [3.05, 3.63) is 35.0 Å². The monoisotopic (exact) mass is 407 g/mol. The van der Waals surface area contributed by atoms with Gasteiger partial charge < -0.3 is 15.6 Å². The minimum Gasteiger partial charge on any atom is -0.370 e. The second-order valence-electron chi connectivity index (χ2n) is 5.25. The predicted octanol–water partition coefficient (Wildman–Crippen LogP) is 3.34. The molecule has 4 N–H and O–H groups in total. The highest BCUT2D eigenvalue weighted by molar-refractivity contribution is 6.35. The van der Waals surface area contributed by atoms with E-state index in [1.165, 1.54) is 4.90 Å². The second kappa shape index (κ2) is 10.5. The van der Waals surface area contributed by atoms with Crippen LogP contribution in [0.5, 0.6) is 0 Å². The number of amides is 1. The molecule has 0 atom stereocenters. The van der Waals surface area contributed by atoms with Crippen LogP contribution in [0, 0.1) is 5.41 Å². The third kappa shape index (κ3) is 5.51. The number of likely N-dealkylation sites (N-methyl/N-ethyl adjacent to an activating group) is 1. The van der Waals surface area contributed by atoms with Crippen LogP contribution in [0.3, 0.4) is 0 Å². The van der Waals surface area contributed by atoms with Crippen molar-refractivity contribution in [1.29, 1.82) is 5.41 Å². The standard InChI is InChI=1S/C16H22ClN5O.2ClH/c1-3-21(4-2)8-9-22(16(18)19)15(23)14-10-11-12(17)6-5-7-13(11)20-14;;/h5-7,10,20H,3-4,8-9H2,1-2H3,(H3,18,19);2*1H. The number of nitrogens with zero attached hydrogens (tertiary/aromatic N) is 2. The van der Waals surface area contributed by atoms with Gasteiger partial charge in [0, 0.05) is 29.0 Å². The van der Waals surface area contributed by atoms with E-state index in [0.717, 1.165) is 24.0 Å². The third-order valence-electron chi connectivity index (χ3n) is 3.91. The molecule has 0 aliphatic heterocycles. The van der Waals surface area contributed by atoms with Crippen molar-refractivity contribution in [1.82, 2.24) is 14.8 Å². The Hall–Kier alpha value is -1.47. The lowest BCUT2D eigenvalue weighted by atomic mass is 10.2. The number of benzene rings is 1. The molecule has 0 bridgehead atoms. The van der Waals surface area contributed by atoms with Gasteiger partial charge in [0.2, 0.25) is 0 Å². The highest BCUT2D eigenvalue weighted by Gasteiger charge is 2.21. The Morgan fingerprint density at radius 3 is 2.40 bits per heavy atom. The van der Waals surface area contributed by atoms with Gasteiger partial charge in [-0.3, -0.25) is 15.1 Å². The maximum absolute atomic E-state index is 12.7. The molecule has 6 nitrogen and oxygen atoms in total. The van der Waals surface area contributed by atoms with Crippen molar-refractivity contribution in [2.45, 2.75) is 13.8 Å². The maximum Gasteiger partial charge on any atom is 0.277 e. The van der Waals surface area contributed by atoms with Crippen LogP contribution in [0.2, 0.25) is 5.02 Å². The molecule has 1 aromatic heterocycles. The first kappa shape index (κ1) is 23.5. The van der Waals surface area contributed by atoms with Gasteiger partial charge in [-0.15, -0.1) is 24.8 Å². The van der Waals surface area contributed by atoms with Crippen LogP contribution in [0.4, 0.5) is 0 Å². The number of rotatable bonds is 6. The van der Waals surface area contributed by atoms with E-state index < -0.39 is 0 Å². The minimum absolute atomic E-state index is 0. The molecule has 0 aliphatic rings. The number of guanidine groups is 1. The van der Waals surface area contributed by atoms with Crippen LogP contribution < -0.4 is 5.73 Å². The van der Waals surface area contributed by atoms with Gasteiger partial charge in [-0.05, 0) is 31.3 Å². The molecule has 1 aromatic carbocycles. The van der Waals surface area contributed by atoms with Crippen molar-refractivity contribution in [3.8, 4) is 0 Å². The summed E-state index contributed by atoms with van der Waals surface area (Å²) in [4.78, 5) is 19.2. The van der Waals surface area contributed by atoms with E-state index in [1.807, 2.05) is 12.1 Å². The van der Waals surface area contributed by atoms with Crippen LogP contribution in [-0.4, -0.2) is 52.8 Å². The fourth-order valence-corrected chi connectivity index (χ4v) is 2.72. The number of aromatic amines is 1. The number of hydrogen-bond donors (Lipinski definition) is 3. The quantitative estimate of drug-likeness (QED) is 0.506. The molecule has 0 unspecified atom stereocenters. The molecule has 0 saturated carbocycles. The van der Waals surface area contributed by atoms with Crippen LogP contribution in [-0.2, 0) is 0 Å². The molecule has 1 heterocycles. The molecule has 140 valence electrons. The van der Waals surface area contributed by atoms with Crippen LogP contribution >= 0.6 is 36.4 Å². The topological polar surface area (TPSA) is 89.2 Å². The van der Waals surface area contributed by atoms with Crippen LogP contribution in [0.25, 0.3) is 10.9 Å². The smallest absolute Gasteiger partial charge is 0.277 e. The van der Waals surface area contributed by atoms with Crippen molar-refractivity contribution in [2.24, 2.45) is 5.73 Å². The van der Waals surface area contributed by atoms with Gasteiger partial charge in [-0.2, -0.15) is 0 Å². The van der Waals surface area contributed by atoms with Gasteiger partial charge in [0.1, 0.15) is 5.69 Å². The number of nitrogens with two attached hydrogens (primary N) is 1. The average Bonchev–Trinajstić information content (AvgIpc) is 2.96. The lowest BCUT2D eigenvalue weighted by molar-refractivity contribution is 0.0828. The molecular formula is C16H24Cl3N5O. The van der Waals surface area contributed by atoms with Crippen molar-refractivity contribution < 1.29 is 4.79 Å². The fourth-order valence-electron chi connectivity index (χ4n) is 2.49. The molecule has 1 amide bonds. The zero-order valence-corrected chi connectivity index (χ0v) is 16.6. The summed E-state index contributed by atoms with van der Waals surface area (Å²) in [5, 5.41) is 9.05. The lowest BCUT2D eigenvalue weighted by Gasteiger charge is -2.24. The molecular weight excluding hydrogens is 385 g/mol. The summed E-state index contributed by atoms with van der Waals surface area (Å²) < 4.78 is 0. The van der Waals surface area contributed by atoms with Gasteiger partial charge in [-0.1, -0.05) is 31.5 Å².